The quantitative estimate of drug-likeness (QED) is 0.0685. The maximum atomic E-state index is 13.8. The summed E-state index contributed by atoms with van der Waals surface area (Å²) in [4.78, 5) is 112. The first-order chi connectivity index (χ1) is 22.5. The van der Waals surface area contributed by atoms with Crippen molar-refractivity contribution in [1.82, 2.24) is 21.3 Å². The monoisotopic (exact) mass is 675 g/mol. The molecule has 0 unspecified atom stereocenters. The molecule has 1 heterocycles. The standard InChI is InChI=1S/C30H37N5O13/c1-13(2)25(35-27(44)17(8-9-21(37)38)33-28(45)19(11-23(41)42)32-14(3)36)29(46)34-18(10-22(39)40)26(43)24-15-6-4-5-7-20(15)48-30(47)16(24)12-31/h4-7,13,17-19,25H,8-12,31H2,1-3H3,(H,32,36)(H,33,45)(H,34,46)(H,35,44)(H,37,38)(H,39,40)(H,41,42)/t17-,18-,19-,25-/m0/s1. The predicted molar refractivity (Wildman–Crippen MR) is 164 cm³/mol. The van der Waals surface area contributed by atoms with Gasteiger partial charge in [-0.15, -0.1) is 0 Å². The second-order valence-corrected chi connectivity index (χ2v) is 11.0. The van der Waals surface area contributed by atoms with Gasteiger partial charge in [0.25, 0.3) is 0 Å². The van der Waals surface area contributed by atoms with Crippen molar-refractivity contribution in [2.24, 2.45) is 11.7 Å². The van der Waals surface area contributed by atoms with Crippen LogP contribution < -0.4 is 32.6 Å². The number of amides is 4. The highest BCUT2D eigenvalue weighted by Crippen LogP contribution is 2.22. The van der Waals surface area contributed by atoms with Crippen LogP contribution in [0.25, 0.3) is 11.0 Å². The molecule has 18 heteroatoms. The highest BCUT2D eigenvalue weighted by molar-refractivity contribution is 6.12. The third-order valence-corrected chi connectivity index (χ3v) is 6.97. The van der Waals surface area contributed by atoms with E-state index >= 15 is 0 Å². The van der Waals surface area contributed by atoms with Crippen LogP contribution in [-0.2, 0) is 40.1 Å². The van der Waals surface area contributed by atoms with E-state index in [0.29, 0.717) is 0 Å². The number of ketones is 1. The molecule has 18 nitrogen and oxygen atoms in total. The molecule has 0 aliphatic rings. The average molecular weight is 676 g/mol. The Hall–Kier alpha value is -5.65. The van der Waals surface area contributed by atoms with E-state index in [2.05, 4.69) is 21.3 Å². The Kier molecular flexibility index (Phi) is 13.9. The zero-order valence-electron chi connectivity index (χ0n) is 26.2. The van der Waals surface area contributed by atoms with E-state index in [1.807, 2.05) is 0 Å². The number of rotatable bonds is 18. The Bertz CT molecular complexity index is 1640. The van der Waals surface area contributed by atoms with Crippen LogP contribution >= 0.6 is 0 Å². The molecule has 1 aromatic carbocycles. The van der Waals surface area contributed by atoms with Crippen molar-refractivity contribution in [3.63, 3.8) is 0 Å². The molecular formula is C30H37N5O13. The van der Waals surface area contributed by atoms with Crippen LogP contribution in [0, 0.1) is 5.92 Å². The maximum Gasteiger partial charge on any atom is 0.341 e. The van der Waals surface area contributed by atoms with Gasteiger partial charge in [0.1, 0.15) is 29.8 Å². The molecule has 0 bridgehead atoms. The van der Waals surface area contributed by atoms with Gasteiger partial charge in [0.15, 0.2) is 5.78 Å². The molecule has 9 N–H and O–H groups in total. The molecule has 0 saturated heterocycles. The minimum Gasteiger partial charge on any atom is -0.481 e. The first-order valence-electron chi connectivity index (χ1n) is 14.6. The van der Waals surface area contributed by atoms with Gasteiger partial charge in [-0.05, 0) is 18.4 Å². The summed E-state index contributed by atoms with van der Waals surface area (Å²) in [5, 5.41) is 37.0. The number of carboxylic acid groups (broad SMARTS) is 3. The van der Waals surface area contributed by atoms with Gasteiger partial charge in [-0.25, -0.2) is 4.79 Å². The van der Waals surface area contributed by atoms with Crippen molar-refractivity contribution in [3.8, 4) is 0 Å². The predicted octanol–water partition coefficient (Wildman–Crippen LogP) is -1.14. The fourth-order valence-electron chi connectivity index (χ4n) is 4.70. The number of carboxylic acids is 3. The molecule has 0 fully saturated rings. The molecule has 260 valence electrons. The van der Waals surface area contributed by atoms with Crippen molar-refractivity contribution >= 4 is 58.3 Å². The Labute approximate surface area is 272 Å². The van der Waals surface area contributed by atoms with E-state index in [-0.39, 0.29) is 22.1 Å². The minimum atomic E-state index is -1.76. The van der Waals surface area contributed by atoms with Gasteiger partial charge in [0, 0.05) is 30.8 Å². The van der Waals surface area contributed by atoms with Crippen molar-refractivity contribution in [2.45, 2.75) is 77.2 Å². The number of para-hydroxylation sites is 1. The van der Waals surface area contributed by atoms with Gasteiger partial charge in [-0.1, -0.05) is 32.0 Å². The van der Waals surface area contributed by atoms with Gasteiger partial charge in [0.2, 0.25) is 23.6 Å². The lowest BCUT2D eigenvalue weighted by molar-refractivity contribution is -0.141. The summed E-state index contributed by atoms with van der Waals surface area (Å²) >= 11 is 0. The summed E-state index contributed by atoms with van der Waals surface area (Å²) in [6, 6.07) is -0.584. The van der Waals surface area contributed by atoms with E-state index in [0.717, 1.165) is 6.92 Å². The van der Waals surface area contributed by atoms with Crippen LogP contribution in [0.4, 0.5) is 0 Å². The highest BCUT2D eigenvalue weighted by Gasteiger charge is 2.35. The summed E-state index contributed by atoms with van der Waals surface area (Å²) in [6.07, 6.45) is -2.95. The van der Waals surface area contributed by atoms with Crippen LogP contribution in [0.5, 0.6) is 0 Å². The van der Waals surface area contributed by atoms with Crippen molar-refractivity contribution in [3.05, 3.63) is 45.8 Å². The number of benzene rings is 1. The van der Waals surface area contributed by atoms with Crippen LogP contribution in [0.3, 0.4) is 0 Å². The molecular weight excluding hydrogens is 638 g/mol. The summed E-state index contributed by atoms with van der Waals surface area (Å²) in [5.74, 6) is -9.99. The number of carbonyl (C=O) groups excluding carboxylic acids is 5. The lowest BCUT2D eigenvalue weighted by Gasteiger charge is -2.27. The number of hydrogen-bond acceptors (Lipinski definition) is 11. The lowest BCUT2D eigenvalue weighted by Crippen LogP contribution is -2.59. The largest absolute Gasteiger partial charge is 0.481 e. The van der Waals surface area contributed by atoms with Crippen LogP contribution in [-0.4, -0.2) is 86.8 Å². The van der Waals surface area contributed by atoms with Crippen LogP contribution in [0.15, 0.2) is 33.5 Å². The zero-order chi connectivity index (χ0) is 36.3. The Balaban J connectivity index is 2.42. The van der Waals surface area contributed by atoms with Gasteiger partial charge in [-0.3, -0.25) is 38.4 Å². The molecule has 0 radical (unpaired) electrons. The van der Waals surface area contributed by atoms with E-state index in [4.69, 9.17) is 20.4 Å². The number of nitrogens with two attached hydrogens (primary N) is 1. The molecule has 0 spiro atoms. The minimum absolute atomic E-state index is 0.00863. The van der Waals surface area contributed by atoms with Crippen LogP contribution in [0.2, 0.25) is 0 Å². The number of aliphatic carboxylic acids is 3. The third kappa shape index (κ3) is 10.7. The van der Waals surface area contributed by atoms with E-state index in [1.54, 1.807) is 0 Å². The molecule has 0 aliphatic carbocycles. The lowest BCUT2D eigenvalue weighted by atomic mass is 9.94. The van der Waals surface area contributed by atoms with E-state index < -0.39 is 115 Å². The smallest absolute Gasteiger partial charge is 0.341 e. The van der Waals surface area contributed by atoms with Crippen LogP contribution in [0.1, 0.15) is 62.4 Å². The fraction of sp³-hybridized carbons (Fsp3) is 0.433. The third-order valence-electron chi connectivity index (χ3n) is 6.97. The van der Waals surface area contributed by atoms with Crippen molar-refractivity contribution in [1.29, 1.82) is 0 Å². The summed E-state index contributed by atoms with van der Waals surface area (Å²) in [6.45, 7) is 3.55. The second-order valence-electron chi connectivity index (χ2n) is 11.0. The van der Waals surface area contributed by atoms with E-state index in [9.17, 15) is 48.3 Å². The number of nitrogens with one attached hydrogen (secondary N) is 4. The molecule has 48 heavy (non-hydrogen) atoms. The van der Waals surface area contributed by atoms with Gasteiger partial charge in [0.05, 0.1) is 18.4 Å². The molecule has 2 rings (SSSR count). The SMILES string of the molecule is CC(=O)N[C@@H](CC(=O)O)C(=O)N[C@@H](CCC(=O)O)C(=O)N[C@H](C(=O)N[C@@H](CC(=O)O)C(=O)c1c(CN)c(=O)oc2ccccc12)C(C)C. The first-order valence-corrected chi connectivity index (χ1v) is 14.6. The molecule has 1 aromatic heterocycles. The molecule has 2 aromatic rings. The number of Topliss-reactive ketones (excluding diaryl/α,β-unsaturated/α-hetero) is 1. The second kappa shape index (κ2) is 17.3. The Morgan fingerprint density at radius 3 is 1.88 bits per heavy atom. The Morgan fingerprint density at radius 2 is 1.33 bits per heavy atom. The fourth-order valence-corrected chi connectivity index (χ4v) is 4.70. The van der Waals surface area contributed by atoms with Gasteiger partial charge < -0.3 is 46.7 Å². The average Bonchev–Trinajstić information content (AvgIpc) is 2.98. The summed E-state index contributed by atoms with van der Waals surface area (Å²) in [7, 11) is 0. The number of fused-ring (bicyclic) bond motifs is 1. The van der Waals surface area contributed by atoms with Gasteiger partial charge in [-0.2, -0.15) is 0 Å². The van der Waals surface area contributed by atoms with Gasteiger partial charge >= 0.3 is 23.5 Å². The zero-order valence-corrected chi connectivity index (χ0v) is 26.2. The normalized spacial score (nSPS) is 13.4. The molecule has 4 atom stereocenters. The van der Waals surface area contributed by atoms with Crippen molar-refractivity contribution in [2.75, 3.05) is 0 Å². The number of carbonyl (C=O) groups is 8. The molecule has 0 aliphatic heterocycles. The first kappa shape index (κ1) is 38.5. The topological polar surface area (TPSA) is 302 Å². The van der Waals surface area contributed by atoms with Crippen molar-refractivity contribution < 1.29 is 58.1 Å². The summed E-state index contributed by atoms with van der Waals surface area (Å²) in [5.41, 5.74) is 4.28. The Morgan fingerprint density at radius 1 is 0.771 bits per heavy atom. The number of hydrogen-bond donors (Lipinski definition) is 8. The molecule has 4 amide bonds. The van der Waals surface area contributed by atoms with E-state index in [1.165, 1.54) is 38.1 Å². The summed E-state index contributed by atoms with van der Waals surface area (Å²) < 4.78 is 5.21. The maximum absolute atomic E-state index is 13.8. The highest BCUT2D eigenvalue weighted by atomic mass is 16.4. The molecule has 0 saturated carbocycles.